The first kappa shape index (κ1) is 12.1. The summed E-state index contributed by atoms with van der Waals surface area (Å²) in [7, 11) is 0. The van der Waals surface area contributed by atoms with Crippen molar-refractivity contribution in [1.82, 2.24) is 10.1 Å². The smallest absolute Gasteiger partial charge is 0.259 e. The molecule has 1 fully saturated rings. The lowest BCUT2D eigenvalue weighted by Crippen LogP contribution is -2.40. The number of aliphatic hydroxyl groups is 1. The molecule has 0 bridgehead atoms. The van der Waals surface area contributed by atoms with Gasteiger partial charge in [-0.2, -0.15) is 0 Å². The Bertz CT molecular complexity index is 406. The Morgan fingerprint density at radius 1 is 1.53 bits per heavy atom. The highest BCUT2D eigenvalue weighted by atomic mass is 16.5. The van der Waals surface area contributed by atoms with Crippen molar-refractivity contribution < 1.29 is 14.4 Å². The Morgan fingerprint density at radius 2 is 2.18 bits per heavy atom. The second-order valence-electron chi connectivity index (χ2n) is 4.44. The molecule has 1 aliphatic rings. The van der Waals surface area contributed by atoms with Crippen molar-refractivity contribution in [2.75, 3.05) is 13.1 Å². The zero-order valence-corrected chi connectivity index (χ0v) is 10.3. The molecule has 1 saturated heterocycles. The standard InChI is InChI=1S/C12H18N2O3/c1-3-10-11(8(2)17-13-10)12(16)14-6-4-9(15)5-7-14/h9,15H,3-7H2,1-2H3. The Kier molecular flexibility index (Phi) is 3.47. The molecule has 0 aromatic carbocycles. The fourth-order valence-electron chi connectivity index (χ4n) is 2.16. The van der Waals surface area contributed by atoms with E-state index in [0.29, 0.717) is 43.7 Å². The Morgan fingerprint density at radius 3 is 2.76 bits per heavy atom. The summed E-state index contributed by atoms with van der Waals surface area (Å²) in [6.07, 6.45) is 1.72. The molecule has 17 heavy (non-hydrogen) atoms. The number of carbonyl (C=O) groups excluding carboxylic acids is 1. The van der Waals surface area contributed by atoms with Crippen molar-refractivity contribution in [3.63, 3.8) is 0 Å². The van der Waals surface area contributed by atoms with Crippen molar-refractivity contribution in [1.29, 1.82) is 0 Å². The lowest BCUT2D eigenvalue weighted by atomic mass is 10.1. The van der Waals surface area contributed by atoms with Gasteiger partial charge in [0.1, 0.15) is 11.3 Å². The summed E-state index contributed by atoms with van der Waals surface area (Å²) in [5.74, 6) is 0.561. The highest BCUT2D eigenvalue weighted by molar-refractivity contribution is 5.96. The fourth-order valence-corrected chi connectivity index (χ4v) is 2.16. The zero-order chi connectivity index (χ0) is 12.4. The van der Waals surface area contributed by atoms with Crippen LogP contribution in [-0.2, 0) is 6.42 Å². The van der Waals surface area contributed by atoms with Gasteiger partial charge in [-0.05, 0) is 26.2 Å². The van der Waals surface area contributed by atoms with Crippen molar-refractivity contribution in [3.8, 4) is 0 Å². The minimum absolute atomic E-state index is 0.0208. The van der Waals surface area contributed by atoms with Crippen LogP contribution < -0.4 is 0 Å². The highest BCUT2D eigenvalue weighted by Crippen LogP contribution is 2.19. The Balaban J connectivity index is 2.16. The van der Waals surface area contributed by atoms with Crippen LogP contribution in [0, 0.1) is 6.92 Å². The van der Waals surface area contributed by atoms with E-state index in [1.54, 1.807) is 11.8 Å². The minimum atomic E-state index is -0.270. The van der Waals surface area contributed by atoms with E-state index in [1.165, 1.54) is 0 Å². The maximum atomic E-state index is 12.3. The van der Waals surface area contributed by atoms with Gasteiger partial charge in [-0.1, -0.05) is 12.1 Å². The molecule has 2 rings (SSSR count). The molecule has 0 spiro atoms. The van der Waals surface area contributed by atoms with Crippen LogP contribution in [-0.4, -0.2) is 40.3 Å². The maximum absolute atomic E-state index is 12.3. The summed E-state index contributed by atoms with van der Waals surface area (Å²) in [5, 5.41) is 13.3. The van der Waals surface area contributed by atoms with Crippen LogP contribution in [0.5, 0.6) is 0 Å². The number of rotatable bonds is 2. The van der Waals surface area contributed by atoms with Gasteiger partial charge in [0.15, 0.2) is 0 Å². The average molecular weight is 238 g/mol. The number of aliphatic hydroxyl groups excluding tert-OH is 1. The lowest BCUT2D eigenvalue weighted by molar-refractivity contribution is 0.0544. The minimum Gasteiger partial charge on any atom is -0.393 e. The summed E-state index contributed by atoms with van der Waals surface area (Å²) in [5.41, 5.74) is 1.32. The van der Waals surface area contributed by atoms with E-state index >= 15 is 0 Å². The number of nitrogens with zero attached hydrogens (tertiary/aromatic N) is 2. The number of carbonyl (C=O) groups is 1. The molecule has 2 heterocycles. The monoisotopic (exact) mass is 238 g/mol. The van der Waals surface area contributed by atoms with Gasteiger partial charge in [-0.3, -0.25) is 4.79 Å². The summed E-state index contributed by atoms with van der Waals surface area (Å²) >= 11 is 0. The molecule has 0 aliphatic carbocycles. The van der Waals surface area contributed by atoms with E-state index < -0.39 is 0 Å². The number of hydrogen-bond donors (Lipinski definition) is 1. The number of hydrogen-bond acceptors (Lipinski definition) is 4. The highest BCUT2D eigenvalue weighted by Gasteiger charge is 2.27. The van der Waals surface area contributed by atoms with Crippen molar-refractivity contribution in [2.45, 2.75) is 39.2 Å². The van der Waals surface area contributed by atoms with Crippen molar-refractivity contribution in [2.24, 2.45) is 0 Å². The van der Waals surface area contributed by atoms with Gasteiger partial charge >= 0.3 is 0 Å². The summed E-state index contributed by atoms with van der Waals surface area (Å²) in [6.45, 7) is 4.92. The van der Waals surface area contributed by atoms with Gasteiger partial charge in [0.2, 0.25) is 0 Å². The van der Waals surface area contributed by atoms with E-state index in [0.717, 1.165) is 5.69 Å². The van der Waals surface area contributed by atoms with Gasteiger partial charge < -0.3 is 14.5 Å². The van der Waals surface area contributed by atoms with E-state index in [-0.39, 0.29) is 12.0 Å². The second kappa shape index (κ2) is 4.87. The Labute approximate surface area is 100 Å². The molecule has 1 aliphatic heterocycles. The van der Waals surface area contributed by atoms with Gasteiger partial charge in [0.25, 0.3) is 5.91 Å². The largest absolute Gasteiger partial charge is 0.393 e. The quantitative estimate of drug-likeness (QED) is 0.839. The molecule has 0 atom stereocenters. The molecule has 1 N–H and O–H groups in total. The lowest BCUT2D eigenvalue weighted by Gasteiger charge is -2.29. The molecule has 0 saturated carbocycles. The third-order valence-corrected chi connectivity index (χ3v) is 3.23. The number of amides is 1. The van der Waals surface area contributed by atoms with Gasteiger partial charge in [0, 0.05) is 13.1 Å². The first-order valence-corrected chi connectivity index (χ1v) is 6.06. The number of aryl methyl sites for hydroxylation is 2. The van der Waals surface area contributed by atoms with E-state index in [9.17, 15) is 9.90 Å². The van der Waals surface area contributed by atoms with Crippen LogP contribution in [0.2, 0.25) is 0 Å². The van der Waals surface area contributed by atoms with Crippen LogP contribution in [0.4, 0.5) is 0 Å². The summed E-state index contributed by atoms with van der Waals surface area (Å²) in [6, 6.07) is 0. The third-order valence-electron chi connectivity index (χ3n) is 3.23. The number of piperidine rings is 1. The van der Waals surface area contributed by atoms with Gasteiger partial charge in [-0.25, -0.2) is 0 Å². The SMILES string of the molecule is CCc1noc(C)c1C(=O)N1CCC(O)CC1. The van der Waals surface area contributed by atoms with Crippen LogP contribution >= 0.6 is 0 Å². The second-order valence-corrected chi connectivity index (χ2v) is 4.44. The van der Waals surface area contributed by atoms with Crippen molar-refractivity contribution in [3.05, 3.63) is 17.0 Å². The third kappa shape index (κ3) is 2.34. The van der Waals surface area contributed by atoms with Crippen LogP contribution in [0.1, 0.15) is 41.6 Å². The van der Waals surface area contributed by atoms with E-state index in [1.807, 2.05) is 6.92 Å². The van der Waals surface area contributed by atoms with Crippen LogP contribution in [0.15, 0.2) is 4.52 Å². The van der Waals surface area contributed by atoms with E-state index in [2.05, 4.69) is 5.16 Å². The van der Waals surface area contributed by atoms with Gasteiger partial charge in [0.05, 0.1) is 11.8 Å². The Hall–Kier alpha value is -1.36. The molecular weight excluding hydrogens is 220 g/mol. The molecule has 1 aromatic rings. The topological polar surface area (TPSA) is 66.6 Å². The molecular formula is C12H18N2O3. The number of aromatic nitrogens is 1. The normalized spacial score (nSPS) is 17.5. The first-order valence-electron chi connectivity index (χ1n) is 6.06. The molecule has 94 valence electrons. The van der Waals surface area contributed by atoms with E-state index in [4.69, 9.17) is 4.52 Å². The van der Waals surface area contributed by atoms with Crippen molar-refractivity contribution >= 4 is 5.91 Å². The molecule has 5 heteroatoms. The fraction of sp³-hybridized carbons (Fsp3) is 0.667. The average Bonchev–Trinajstić information content (AvgIpc) is 2.70. The predicted molar refractivity (Wildman–Crippen MR) is 61.8 cm³/mol. The molecule has 0 unspecified atom stereocenters. The molecule has 1 amide bonds. The summed E-state index contributed by atoms with van der Waals surface area (Å²) < 4.78 is 5.07. The molecule has 1 aromatic heterocycles. The molecule has 0 radical (unpaired) electrons. The zero-order valence-electron chi connectivity index (χ0n) is 10.3. The summed E-state index contributed by atoms with van der Waals surface area (Å²) in [4.78, 5) is 14.1. The predicted octanol–water partition coefficient (Wildman–Crippen LogP) is 1.14. The first-order chi connectivity index (χ1) is 8.13. The van der Waals surface area contributed by atoms with Gasteiger partial charge in [-0.15, -0.1) is 0 Å². The maximum Gasteiger partial charge on any atom is 0.259 e. The molecule has 5 nitrogen and oxygen atoms in total. The van der Waals surface area contributed by atoms with Crippen LogP contribution in [0.3, 0.4) is 0 Å². The van der Waals surface area contributed by atoms with Crippen LogP contribution in [0.25, 0.3) is 0 Å². The number of likely N-dealkylation sites (tertiary alicyclic amines) is 1.